The van der Waals surface area contributed by atoms with Gasteiger partial charge < -0.3 is 14.7 Å². The van der Waals surface area contributed by atoms with Crippen molar-refractivity contribution in [3.63, 3.8) is 0 Å². The predicted octanol–water partition coefficient (Wildman–Crippen LogP) is 1.41. The molecule has 0 bridgehead atoms. The maximum Gasteiger partial charge on any atom is 0.335 e. The average molecular weight is 261 g/mol. The van der Waals surface area contributed by atoms with Crippen LogP contribution in [0.15, 0.2) is 18.2 Å². The molecule has 0 spiro atoms. The summed E-state index contributed by atoms with van der Waals surface area (Å²) >= 11 is 0. The highest BCUT2D eigenvalue weighted by Gasteiger charge is 2.48. The number of hydrogen-bond donors (Lipinski definition) is 1. The standard InChI is InChI=1S/C14H15NO4/c1-14(2)10-4-3-8(12(16)17)5-11(10)15(13(14)18)9-6-19-7-9/h3-5,9H,6-7H2,1-2H3,(H,16,17). The number of fused-ring (bicyclic) bond motifs is 1. The van der Waals surface area contributed by atoms with Crippen LogP contribution in [-0.2, 0) is 14.9 Å². The number of rotatable bonds is 2. The van der Waals surface area contributed by atoms with E-state index in [1.54, 1.807) is 23.1 Å². The van der Waals surface area contributed by atoms with Crippen molar-refractivity contribution in [3.8, 4) is 0 Å². The maximum absolute atomic E-state index is 12.5. The van der Waals surface area contributed by atoms with E-state index in [4.69, 9.17) is 9.84 Å². The fourth-order valence-electron chi connectivity index (χ4n) is 2.65. The normalized spacial score (nSPS) is 21.2. The molecular formula is C14H15NO4. The summed E-state index contributed by atoms with van der Waals surface area (Å²) in [5, 5.41) is 9.08. The van der Waals surface area contributed by atoms with Crippen molar-refractivity contribution in [3.05, 3.63) is 29.3 Å². The van der Waals surface area contributed by atoms with Crippen LogP contribution in [0.4, 0.5) is 5.69 Å². The molecule has 1 fully saturated rings. The van der Waals surface area contributed by atoms with Crippen molar-refractivity contribution in [2.75, 3.05) is 18.1 Å². The van der Waals surface area contributed by atoms with Gasteiger partial charge in [0.2, 0.25) is 5.91 Å². The maximum atomic E-state index is 12.5. The Labute approximate surface area is 110 Å². The summed E-state index contributed by atoms with van der Waals surface area (Å²) in [5.41, 5.74) is 1.19. The van der Waals surface area contributed by atoms with Gasteiger partial charge in [0.05, 0.1) is 30.2 Å². The van der Waals surface area contributed by atoms with Gasteiger partial charge in [-0.15, -0.1) is 0 Å². The number of hydrogen-bond acceptors (Lipinski definition) is 3. The van der Waals surface area contributed by atoms with Crippen LogP contribution in [0.25, 0.3) is 0 Å². The molecule has 3 rings (SSSR count). The van der Waals surface area contributed by atoms with E-state index in [2.05, 4.69) is 0 Å². The van der Waals surface area contributed by atoms with E-state index in [0.717, 1.165) is 5.56 Å². The van der Waals surface area contributed by atoms with Crippen LogP contribution in [0.1, 0.15) is 29.8 Å². The highest BCUT2D eigenvalue weighted by Crippen LogP contribution is 2.43. The highest BCUT2D eigenvalue weighted by molar-refractivity contribution is 6.09. The van der Waals surface area contributed by atoms with Crippen LogP contribution in [0.2, 0.25) is 0 Å². The Hall–Kier alpha value is -1.88. The van der Waals surface area contributed by atoms with E-state index in [-0.39, 0.29) is 17.5 Å². The minimum absolute atomic E-state index is 0.0124. The zero-order chi connectivity index (χ0) is 13.8. The van der Waals surface area contributed by atoms with Gasteiger partial charge in [-0.2, -0.15) is 0 Å². The van der Waals surface area contributed by atoms with Crippen molar-refractivity contribution in [1.29, 1.82) is 0 Å². The smallest absolute Gasteiger partial charge is 0.335 e. The van der Waals surface area contributed by atoms with Gasteiger partial charge in [0.25, 0.3) is 0 Å². The lowest BCUT2D eigenvalue weighted by molar-refractivity contribution is -0.124. The molecule has 1 saturated heterocycles. The topological polar surface area (TPSA) is 66.8 Å². The molecule has 1 aromatic carbocycles. The number of amides is 1. The molecule has 2 heterocycles. The van der Waals surface area contributed by atoms with Gasteiger partial charge in [-0.3, -0.25) is 4.79 Å². The van der Waals surface area contributed by atoms with Gasteiger partial charge in [0, 0.05) is 5.69 Å². The number of benzene rings is 1. The highest BCUT2D eigenvalue weighted by atomic mass is 16.5. The van der Waals surface area contributed by atoms with Crippen molar-refractivity contribution in [1.82, 2.24) is 0 Å². The zero-order valence-corrected chi connectivity index (χ0v) is 10.8. The van der Waals surface area contributed by atoms with Crippen LogP contribution in [0, 0.1) is 0 Å². The summed E-state index contributed by atoms with van der Waals surface area (Å²) in [6, 6.07) is 4.91. The molecule has 100 valence electrons. The van der Waals surface area contributed by atoms with Crippen LogP contribution in [-0.4, -0.2) is 36.2 Å². The molecule has 0 aliphatic carbocycles. The molecule has 0 saturated carbocycles. The van der Waals surface area contributed by atoms with Crippen LogP contribution in [0.5, 0.6) is 0 Å². The number of nitrogens with zero attached hydrogens (tertiary/aromatic N) is 1. The van der Waals surface area contributed by atoms with Crippen LogP contribution < -0.4 is 4.90 Å². The van der Waals surface area contributed by atoms with E-state index in [1.807, 2.05) is 13.8 Å². The van der Waals surface area contributed by atoms with E-state index in [9.17, 15) is 9.59 Å². The lowest BCUT2D eigenvalue weighted by Gasteiger charge is -2.35. The Morgan fingerprint density at radius 1 is 1.42 bits per heavy atom. The van der Waals surface area contributed by atoms with E-state index < -0.39 is 11.4 Å². The number of carboxylic acid groups (broad SMARTS) is 1. The van der Waals surface area contributed by atoms with Gasteiger partial charge in [0.1, 0.15) is 0 Å². The van der Waals surface area contributed by atoms with Crippen molar-refractivity contribution < 1.29 is 19.4 Å². The minimum Gasteiger partial charge on any atom is -0.478 e. The molecule has 5 heteroatoms. The molecular weight excluding hydrogens is 246 g/mol. The van der Waals surface area contributed by atoms with E-state index in [1.165, 1.54) is 0 Å². The molecule has 0 aromatic heterocycles. The largest absolute Gasteiger partial charge is 0.478 e. The van der Waals surface area contributed by atoms with Crippen molar-refractivity contribution in [2.45, 2.75) is 25.3 Å². The summed E-state index contributed by atoms with van der Waals surface area (Å²) < 4.78 is 5.15. The third-order valence-corrected chi connectivity index (χ3v) is 3.92. The van der Waals surface area contributed by atoms with Crippen LogP contribution in [0.3, 0.4) is 0 Å². The number of carboxylic acids is 1. The Balaban J connectivity index is 2.14. The monoisotopic (exact) mass is 261 g/mol. The van der Waals surface area contributed by atoms with Crippen LogP contribution >= 0.6 is 0 Å². The van der Waals surface area contributed by atoms with Gasteiger partial charge in [-0.05, 0) is 31.5 Å². The third-order valence-electron chi connectivity index (χ3n) is 3.92. The zero-order valence-electron chi connectivity index (χ0n) is 10.8. The Morgan fingerprint density at radius 3 is 2.63 bits per heavy atom. The summed E-state index contributed by atoms with van der Waals surface area (Å²) in [6.45, 7) is 4.76. The average Bonchev–Trinajstić information content (AvgIpc) is 2.48. The number of carbonyl (C=O) groups is 2. The molecule has 5 nitrogen and oxygen atoms in total. The molecule has 1 aromatic rings. The lowest BCUT2D eigenvalue weighted by Crippen LogP contribution is -2.52. The van der Waals surface area contributed by atoms with Gasteiger partial charge in [0.15, 0.2) is 0 Å². The molecule has 2 aliphatic rings. The number of carbonyl (C=O) groups excluding carboxylic acids is 1. The van der Waals surface area contributed by atoms with Crippen molar-refractivity contribution >= 4 is 17.6 Å². The minimum atomic E-state index is -0.982. The Bertz CT molecular complexity index is 575. The summed E-state index contributed by atoms with van der Waals surface area (Å²) in [5.74, 6) is -0.969. The first-order valence-electron chi connectivity index (χ1n) is 6.22. The van der Waals surface area contributed by atoms with E-state index in [0.29, 0.717) is 18.9 Å². The Morgan fingerprint density at radius 2 is 2.11 bits per heavy atom. The molecule has 1 amide bonds. The quantitative estimate of drug-likeness (QED) is 0.874. The first kappa shape index (κ1) is 12.2. The lowest BCUT2D eigenvalue weighted by atomic mass is 9.86. The summed E-state index contributed by atoms with van der Waals surface area (Å²) in [7, 11) is 0. The molecule has 19 heavy (non-hydrogen) atoms. The van der Waals surface area contributed by atoms with Gasteiger partial charge >= 0.3 is 5.97 Å². The van der Waals surface area contributed by atoms with Crippen molar-refractivity contribution in [2.24, 2.45) is 0 Å². The fourth-order valence-corrected chi connectivity index (χ4v) is 2.65. The second-order valence-electron chi connectivity index (χ2n) is 5.53. The predicted molar refractivity (Wildman–Crippen MR) is 68.5 cm³/mol. The summed E-state index contributed by atoms with van der Waals surface area (Å²) in [6.07, 6.45) is 0. The Kier molecular flexibility index (Phi) is 2.44. The first-order valence-corrected chi connectivity index (χ1v) is 6.22. The third kappa shape index (κ3) is 1.58. The van der Waals surface area contributed by atoms with Gasteiger partial charge in [-0.25, -0.2) is 4.79 Å². The molecule has 2 aliphatic heterocycles. The van der Waals surface area contributed by atoms with Gasteiger partial charge in [-0.1, -0.05) is 6.07 Å². The number of ether oxygens (including phenoxy) is 1. The first-order chi connectivity index (χ1) is 8.93. The molecule has 0 unspecified atom stereocenters. The second kappa shape index (κ2) is 3.81. The number of aromatic carboxylic acids is 1. The number of anilines is 1. The fraction of sp³-hybridized carbons (Fsp3) is 0.429. The summed E-state index contributed by atoms with van der Waals surface area (Å²) in [4.78, 5) is 25.3. The molecule has 0 radical (unpaired) electrons. The SMILES string of the molecule is CC1(C)C(=O)N(C2COC2)c2cc(C(=O)O)ccc21. The second-order valence-corrected chi connectivity index (χ2v) is 5.53. The molecule has 0 atom stereocenters. The molecule has 1 N–H and O–H groups in total. The van der Waals surface area contributed by atoms with E-state index >= 15 is 0 Å².